The second-order valence-corrected chi connectivity index (χ2v) is 3.43. The van der Waals surface area contributed by atoms with Gasteiger partial charge in [-0.1, -0.05) is 11.6 Å². The molecule has 1 aliphatic rings. The zero-order valence-corrected chi connectivity index (χ0v) is 7.35. The van der Waals surface area contributed by atoms with Gasteiger partial charge in [-0.3, -0.25) is 5.73 Å². The fourth-order valence-corrected chi connectivity index (χ4v) is 0.799. The number of nitrogens with two attached hydrogens (primary N) is 1. The monoisotopic (exact) mass is 257 g/mol. The van der Waals surface area contributed by atoms with Crippen molar-refractivity contribution in [3.8, 4) is 0 Å². The Kier molecular flexibility index (Phi) is 1.97. The Labute approximate surface area is 71.5 Å². The van der Waals surface area contributed by atoms with E-state index in [9.17, 15) is 0 Å². The van der Waals surface area contributed by atoms with Crippen LogP contribution in [0.25, 0.3) is 0 Å². The minimum atomic E-state index is -1.13. The van der Waals surface area contributed by atoms with Gasteiger partial charge < -0.3 is 5.32 Å². The van der Waals surface area contributed by atoms with Gasteiger partial charge in [0.15, 0.2) is 0 Å². The van der Waals surface area contributed by atoms with Crippen LogP contribution in [0.3, 0.4) is 0 Å². The summed E-state index contributed by atoms with van der Waals surface area (Å²) in [5, 5.41) is 1.55. The van der Waals surface area contributed by atoms with Crippen LogP contribution in [0, 0.1) is 0 Å². The molecule has 0 aromatic carbocycles. The topological polar surface area (TPSA) is 50.4 Å². The summed E-state index contributed by atoms with van der Waals surface area (Å²) in [4.78, 5) is 3.77. The van der Waals surface area contributed by atoms with Crippen molar-refractivity contribution in [2.75, 3.05) is 0 Å². The summed E-state index contributed by atoms with van der Waals surface area (Å²) in [5.41, 5.74) is 5.35. The van der Waals surface area contributed by atoms with Crippen LogP contribution in [-0.4, -0.2) is 11.5 Å². The molecular formula is C4H5ClIN3. The number of aliphatic imine (C=N–C) groups is 1. The summed E-state index contributed by atoms with van der Waals surface area (Å²) < 4.78 is 0.981. The predicted octanol–water partition coefficient (Wildman–Crippen LogP) is 0.746. The Morgan fingerprint density at radius 2 is 2.56 bits per heavy atom. The molecule has 1 heterocycles. The molecule has 1 rings (SSSR count). The molecule has 0 aromatic rings. The first-order valence-electron chi connectivity index (χ1n) is 2.26. The van der Waals surface area contributed by atoms with E-state index in [0.29, 0.717) is 0 Å². The van der Waals surface area contributed by atoms with E-state index in [2.05, 4.69) is 32.9 Å². The molecule has 1 aliphatic heterocycles. The van der Waals surface area contributed by atoms with Crippen LogP contribution < -0.4 is 11.1 Å². The number of hydrogen-bond donors (Lipinski definition) is 2. The number of allylic oxidation sites excluding steroid dienone is 1. The smallest absolute Gasteiger partial charge is 0.262 e. The molecule has 0 amide bonds. The standard InChI is InChI=1S/C4H5ClIN3/c5-4(7)8-1-3(6)2-9-4/h1-2,8H,7H2. The van der Waals surface area contributed by atoms with E-state index in [-0.39, 0.29) is 0 Å². The maximum atomic E-state index is 5.56. The van der Waals surface area contributed by atoms with Gasteiger partial charge in [-0.15, -0.1) is 0 Å². The highest BCUT2D eigenvalue weighted by Crippen LogP contribution is 2.12. The first kappa shape index (κ1) is 7.30. The molecule has 0 radical (unpaired) electrons. The van der Waals surface area contributed by atoms with Crippen molar-refractivity contribution in [1.29, 1.82) is 0 Å². The fraction of sp³-hybridized carbons (Fsp3) is 0.250. The van der Waals surface area contributed by atoms with E-state index in [1.807, 2.05) is 0 Å². The quantitative estimate of drug-likeness (QED) is 0.382. The number of nitrogens with one attached hydrogen (secondary N) is 1. The molecule has 0 aliphatic carbocycles. The van der Waals surface area contributed by atoms with Gasteiger partial charge in [0.2, 0.25) is 0 Å². The SMILES string of the molecule is NC1(Cl)N=CC(I)=CN1. The van der Waals surface area contributed by atoms with Gasteiger partial charge >= 0.3 is 0 Å². The van der Waals surface area contributed by atoms with Crippen LogP contribution in [-0.2, 0) is 0 Å². The lowest BCUT2D eigenvalue weighted by Crippen LogP contribution is -2.45. The van der Waals surface area contributed by atoms with Gasteiger partial charge in [0.1, 0.15) is 0 Å². The predicted molar refractivity (Wildman–Crippen MR) is 46.5 cm³/mol. The Morgan fingerprint density at radius 3 is 2.89 bits per heavy atom. The summed E-state index contributed by atoms with van der Waals surface area (Å²) in [7, 11) is 0. The molecule has 3 nitrogen and oxygen atoms in total. The van der Waals surface area contributed by atoms with Crippen LogP contribution in [0.4, 0.5) is 0 Å². The van der Waals surface area contributed by atoms with Crippen molar-refractivity contribution < 1.29 is 0 Å². The van der Waals surface area contributed by atoms with Gasteiger partial charge in [-0.25, -0.2) is 4.99 Å². The normalized spacial score (nSPS) is 33.4. The number of halogens is 2. The summed E-state index contributed by atoms with van der Waals surface area (Å²) in [6.07, 6.45) is 3.32. The van der Waals surface area contributed by atoms with Gasteiger partial charge in [0.25, 0.3) is 5.25 Å². The zero-order chi connectivity index (χ0) is 6.91. The van der Waals surface area contributed by atoms with E-state index in [0.717, 1.165) is 3.58 Å². The molecule has 0 saturated carbocycles. The molecule has 0 spiro atoms. The molecule has 0 aromatic heterocycles. The van der Waals surface area contributed by atoms with Crippen LogP contribution in [0.2, 0.25) is 0 Å². The second-order valence-electron chi connectivity index (χ2n) is 1.61. The van der Waals surface area contributed by atoms with E-state index >= 15 is 0 Å². The molecule has 50 valence electrons. The first-order chi connectivity index (χ1) is 4.10. The minimum absolute atomic E-state index is 0.981. The van der Waals surface area contributed by atoms with E-state index in [1.54, 1.807) is 12.4 Å². The van der Waals surface area contributed by atoms with Crippen LogP contribution in [0.5, 0.6) is 0 Å². The lowest BCUT2D eigenvalue weighted by atomic mass is 10.6. The maximum Gasteiger partial charge on any atom is 0.262 e. The highest BCUT2D eigenvalue weighted by Gasteiger charge is 2.18. The van der Waals surface area contributed by atoms with E-state index in [1.165, 1.54) is 0 Å². The third-order valence-corrected chi connectivity index (χ3v) is 1.58. The molecule has 0 bridgehead atoms. The Balaban J connectivity index is 2.70. The number of hydrogen-bond acceptors (Lipinski definition) is 3. The minimum Gasteiger partial charge on any atom is -0.341 e. The molecular weight excluding hydrogens is 252 g/mol. The molecule has 1 unspecified atom stereocenters. The van der Waals surface area contributed by atoms with Crippen molar-refractivity contribution in [2.45, 2.75) is 5.25 Å². The van der Waals surface area contributed by atoms with Crippen molar-refractivity contribution >= 4 is 40.4 Å². The average molecular weight is 257 g/mol. The molecule has 1 atom stereocenters. The number of nitrogens with zero attached hydrogens (tertiary/aromatic N) is 1. The molecule has 0 saturated heterocycles. The average Bonchev–Trinajstić information content (AvgIpc) is 1.78. The Morgan fingerprint density at radius 1 is 1.89 bits per heavy atom. The molecule has 0 fully saturated rings. The van der Waals surface area contributed by atoms with E-state index < -0.39 is 5.25 Å². The Bertz CT molecular complexity index is 175. The largest absolute Gasteiger partial charge is 0.341 e. The third kappa shape index (κ3) is 2.11. The Hall–Kier alpha value is 0.190. The van der Waals surface area contributed by atoms with Crippen molar-refractivity contribution in [3.63, 3.8) is 0 Å². The number of rotatable bonds is 0. The molecule has 9 heavy (non-hydrogen) atoms. The van der Waals surface area contributed by atoms with E-state index in [4.69, 9.17) is 17.3 Å². The molecule has 3 N–H and O–H groups in total. The molecule has 5 heteroatoms. The summed E-state index contributed by atoms with van der Waals surface area (Å²) in [6, 6.07) is 0. The van der Waals surface area contributed by atoms with Gasteiger partial charge in [0.05, 0.1) is 0 Å². The fourth-order valence-electron chi connectivity index (χ4n) is 0.400. The van der Waals surface area contributed by atoms with Crippen LogP contribution in [0.1, 0.15) is 0 Å². The lowest BCUT2D eigenvalue weighted by molar-refractivity contribution is 0.565. The third-order valence-electron chi connectivity index (χ3n) is 0.788. The summed E-state index contributed by atoms with van der Waals surface area (Å²) >= 11 is 7.67. The van der Waals surface area contributed by atoms with Crippen LogP contribution in [0.15, 0.2) is 14.8 Å². The van der Waals surface area contributed by atoms with Crippen molar-refractivity contribution in [2.24, 2.45) is 10.7 Å². The summed E-state index contributed by atoms with van der Waals surface area (Å²) in [5.74, 6) is 0. The van der Waals surface area contributed by atoms with Crippen molar-refractivity contribution in [3.05, 3.63) is 9.78 Å². The number of alkyl halides is 1. The van der Waals surface area contributed by atoms with Gasteiger partial charge in [-0.2, -0.15) is 0 Å². The highest BCUT2D eigenvalue weighted by molar-refractivity contribution is 14.1. The maximum absolute atomic E-state index is 5.56. The lowest BCUT2D eigenvalue weighted by Gasteiger charge is -2.19. The summed E-state index contributed by atoms with van der Waals surface area (Å²) in [6.45, 7) is 0. The van der Waals surface area contributed by atoms with Crippen LogP contribution >= 0.6 is 34.2 Å². The van der Waals surface area contributed by atoms with Gasteiger partial charge in [-0.05, 0) is 22.6 Å². The van der Waals surface area contributed by atoms with Crippen molar-refractivity contribution in [1.82, 2.24) is 5.32 Å². The van der Waals surface area contributed by atoms with Gasteiger partial charge in [0, 0.05) is 16.0 Å². The second kappa shape index (κ2) is 2.43. The zero-order valence-electron chi connectivity index (χ0n) is 4.44. The highest BCUT2D eigenvalue weighted by atomic mass is 127. The first-order valence-corrected chi connectivity index (χ1v) is 3.72.